The highest BCUT2D eigenvalue weighted by Gasteiger charge is 2.04. The quantitative estimate of drug-likeness (QED) is 0.460. The minimum atomic E-state index is -0.552. The van der Waals surface area contributed by atoms with E-state index in [4.69, 9.17) is 9.53 Å². The van der Waals surface area contributed by atoms with E-state index < -0.39 is 11.6 Å². The fourth-order valence-electron chi connectivity index (χ4n) is 1.50. The van der Waals surface area contributed by atoms with E-state index in [1.165, 1.54) is 12.1 Å². The number of halogens is 2. The summed E-state index contributed by atoms with van der Waals surface area (Å²) in [6, 6.07) is 3.54. The second kappa shape index (κ2) is 10.5. The van der Waals surface area contributed by atoms with Crippen molar-refractivity contribution in [2.75, 3.05) is 13.7 Å². The van der Waals surface area contributed by atoms with Crippen LogP contribution < -0.4 is 0 Å². The molecular formula is C15H20F2N2O2. The summed E-state index contributed by atoms with van der Waals surface area (Å²) < 4.78 is 31.1. The third-order valence-corrected chi connectivity index (χ3v) is 2.48. The van der Waals surface area contributed by atoms with Crippen molar-refractivity contribution in [3.05, 3.63) is 47.4 Å². The molecule has 0 aliphatic carbocycles. The Labute approximate surface area is 123 Å². The van der Waals surface area contributed by atoms with Gasteiger partial charge in [0.2, 0.25) is 6.41 Å². The molecule has 1 aromatic carbocycles. The van der Waals surface area contributed by atoms with Gasteiger partial charge in [-0.2, -0.15) is 0 Å². The monoisotopic (exact) mass is 298 g/mol. The highest BCUT2D eigenvalue weighted by atomic mass is 19.1. The van der Waals surface area contributed by atoms with Crippen LogP contribution in [0.5, 0.6) is 0 Å². The van der Waals surface area contributed by atoms with Crippen molar-refractivity contribution in [1.29, 1.82) is 0 Å². The lowest BCUT2D eigenvalue weighted by molar-refractivity contribution is -0.106. The van der Waals surface area contributed by atoms with Gasteiger partial charge in [0, 0.05) is 25.4 Å². The number of ether oxygens (including phenoxy) is 1. The first-order chi connectivity index (χ1) is 9.96. The Morgan fingerprint density at radius 1 is 1.38 bits per heavy atom. The molecule has 1 amide bonds. The van der Waals surface area contributed by atoms with Gasteiger partial charge in [0.1, 0.15) is 17.4 Å². The zero-order valence-electron chi connectivity index (χ0n) is 12.5. The standard InChI is InChI=1S/C13H17F2NO.C2H3NO/c1-4-16(8-10(2)17-3)9-11-5-12(14)7-13(15)6-11;1-3-2-4/h5-8H,4,9H2,1-3H3;2H,1H2/b10-8+;. The fourth-order valence-corrected chi connectivity index (χ4v) is 1.50. The lowest BCUT2D eigenvalue weighted by Gasteiger charge is -2.19. The number of rotatable bonds is 6. The van der Waals surface area contributed by atoms with Crippen LogP contribution in [0.25, 0.3) is 0 Å². The normalized spacial score (nSPS) is 10.2. The first-order valence-electron chi connectivity index (χ1n) is 6.27. The van der Waals surface area contributed by atoms with Gasteiger partial charge in [-0.25, -0.2) is 13.8 Å². The molecular weight excluding hydrogens is 278 g/mol. The molecule has 0 aliphatic rings. The van der Waals surface area contributed by atoms with Crippen LogP contribution in [0, 0.1) is 11.6 Å². The van der Waals surface area contributed by atoms with Crippen LogP contribution in [0.2, 0.25) is 0 Å². The minimum Gasteiger partial charge on any atom is -0.500 e. The first-order valence-corrected chi connectivity index (χ1v) is 6.27. The summed E-state index contributed by atoms with van der Waals surface area (Å²) in [5.74, 6) is -0.351. The molecule has 4 nitrogen and oxygen atoms in total. The second-order valence-corrected chi connectivity index (χ2v) is 4.07. The average molecular weight is 298 g/mol. The van der Waals surface area contributed by atoms with E-state index in [1.54, 1.807) is 7.11 Å². The van der Waals surface area contributed by atoms with Gasteiger partial charge in [0.15, 0.2) is 0 Å². The van der Waals surface area contributed by atoms with Crippen LogP contribution in [0.1, 0.15) is 19.4 Å². The van der Waals surface area contributed by atoms with Gasteiger partial charge >= 0.3 is 0 Å². The average Bonchev–Trinajstić information content (AvgIpc) is 2.45. The number of aliphatic imine (C=N–C) groups is 1. The molecule has 0 saturated carbocycles. The van der Waals surface area contributed by atoms with E-state index in [1.807, 2.05) is 24.9 Å². The molecule has 21 heavy (non-hydrogen) atoms. The molecule has 0 aromatic heterocycles. The highest BCUT2D eigenvalue weighted by molar-refractivity contribution is 5.55. The molecule has 1 aromatic rings. The zero-order chi connectivity index (χ0) is 16.3. The summed E-state index contributed by atoms with van der Waals surface area (Å²) in [4.78, 5) is 13.7. The van der Waals surface area contributed by atoms with Gasteiger partial charge in [0.05, 0.1) is 7.11 Å². The van der Waals surface area contributed by atoms with Crippen molar-refractivity contribution in [2.24, 2.45) is 4.99 Å². The molecule has 6 heteroatoms. The van der Waals surface area contributed by atoms with E-state index in [0.717, 1.165) is 18.4 Å². The maximum Gasteiger partial charge on any atom is 0.232 e. The molecule has 0 saturated heterocycles. The Hall–Kier alpha value is -2.24. The van der Waals surface area contributed by atoms with Gasteiger partial charge in [0.25, 0.3) is 0 Å². The molecule has 0 radical (unpaired) electrons. The summed E-state index contributed by atoms with van der Waals surface area (Å²) in [7, 11) is 1.58. The summed E-state index contributed by atoms with van der Waals surface area (Å²) in [6.07, 6.45) is 2.21. The van der Waals surface area contributed by atoms with Crippen LogP contribution in [0.3, 0.4) is 0 Å². The molecule has 0 N–H and O–H groups in total. The lowest BCUT2D eigenvalue weighted by atomic mass is 10.2. The second-order valence-electron chi connectivity index (χ2n) is 4.07. The van der Waals surface area contributed by atoms with E-state index in [2.05, 4.69) is 11.7 Å². The molecule has 0 atom stereocenters. The van der Waals surface area contributed by atoms with Crippen LogP contribution in [0.15, 0.2) is 35.2 Å². The number of carbonyl (C=O) groups excluding carboxylic acids is 1. The third kappa shape index (κ3) is 8.52. The molecule has 0 spiro atoms. The number of methoxy groups -OCH3 is 1. The van der Waals surface area contributed by atoms with E-state index in [9.17, 15) is 8.78 Å². The van der Waals surface area contributed by atoms with Gasteiger partial charge < -0.3 is 9.64 Å². The predicted octanol–water partition coefficient (Wildman–Crippen LogP) is 3.14. The Balaban J connectivity index is 0.000000885. The molecule has 0 heterocycles. The van der Waals surface area contributed by atoms with Crippen LogP contribution >= 0.6 is 0 Å². The summed E-state index contributed by atoms with van der Waals surface area (Å²) >= 11 is 0. The molecule has 116 valence electrons. The summed E-state index contributed by atoms with van der Waals surface area (Å²) in [5, 5.41) is 0. The number of carbonyl (C=O) groups is 1. The Morgan fingerprint density at radius 2 is 1.90 bits per heavy atom. The lowest BCUT2D eigenvalue weighted by Crippen LogP contribution is -2.17. The van der Waals surface area contributed by atoms with Gasteiger partial charge in [-0.1, -0.05) is 0 Å². The molecule has 0 unspecified atom stereocenters. The predicted molar refractivity (Wildman–Crippen MR) is 78.8 cm³/mol. The molecule has 0 fully saturated rings. The maximum absolute atomic E-state index is 13.0. The zero-order valence-corrected chi connectivity index (χ0v) is 12.5. The smallest absolute Gasteiger partial charge is 0.232 e. The number of benzene rings is 1. The first kappa shape index (κ1) is 18.8. The van der Waals surface area contributed by atoms with Gasteiger partial charge in [-0.15, -0.1) is 0 Å². The fraction of sp³-hybridized carbons (Fsp3) is 0.333. The van der Waals surface area contributed by atoms with Crippen molar-refractivity contribution in [1.82, 2.24) is 4.90 Å². The topological polar surface area (TPSA) is 41.9 Å². The number of hydrogen-bond acceptors (Lipinski definition) is 3. The SMILES string of the molecule is C=NC=O.CCN(/C=C(\C)OC)Cc1cc(F)cc(F)c1. The van der Waals surface area contributed by atoms with Gasteiger partial charge in [-0.05, 0) is 38.3 Å². The van der Waals surface area contributed by atoms with Crippen LogP contribution in [-0.4, -0.2) is 31.7 Å². The van der Waals surface area contributed by atoms with Crippen molar-refractivity contribution in [3.63, 3.8) is 0 Å². The van der Waals surface area contributed by atoms with Crippen molar-refractivity contribution in [2.45, 2.75) is 20.4 Å². The molecule has 0 bridgehead atoms. The van der Waals surface area contributed by atoms with E-state index in [-0.39, 0.29) is 0 Å². The Kier molecular flexibility index (Phi) is 9.41. The number of hydrogen-bond donors (Lipinski definition) is 0. The number of amides is 1. The Bertz CT molecular complexity index is 464. The minimum absolute atomic E-state index is 0.389. The third-order valence-electron chi connectivity index (χ3n) is 2.48. The van der Waals surface area contributed by atoms with Crippen LogP contribution in [0.4, 0.5) is 8.78 Å². The molecule has 0 aliphatic heterocycles. The van der Waals surface area contributed by atoms with Crippen LogP contribution in [-0.2, 0) is 16.1 Å². The van der Waals surface area contributed by atoms with Crippen molar-refractivity contribution in [3.8, 4) is 0 Å². The Morgan fingerprint density at radius 3 is 2.29 bits per heavy atom. The van der Waals surface area contributed by atoms with E-state index >= 15 is 0 Å². The van der Waals surface area contributed by atoms with E-state index in [0.29, 0.717) is 18.5 Å². The highest BCUT2D eigenvalue weighted by Crippen LogP contribution is 2.11. The maximum atomic E-state index is 13.0. The van der Waals surface area contributed by atoms with Crippen molar-refractivity contribution >= 4 is 13.1 Å². The van der Waals surface area contributed by atoms with Gasteiger partial charge in [-0.3, -0.25) is 4.79 Å². The summed E-state index contributed by atoms with van der Waals surface area (Å²) in [5.41, 5.74) is 0.601. The summed E-state index contributed by atoms with van der Waals surface area (Å²) in [6.45, 7) is 7.84. The number of allylic oxidation sites excluding steroid dienone is 1. The number of nitrogens with zero attached hydrogens (tertiary/aromatic N) is 2. The van der Waals surface area contributed by atoms with Crippen molar-refractivity contribution < 1.29 is 18.3 Å². The molecule has 1 rings (SSSR count). The largest absolute Gasteiger partial charge is 0.500 e.